The van der Waals surface area contributed by atoms with E-state index in [2.05, 4.69) is 4.74 Å². The molecule has 0 saturated carbocycles. The van der Waals surface area contributed by atoms with Crippen LogP contribution >= 0.6 is 0 Å². The van der Waals surface area contributed by atoms with Crippen LogP contribution in [0.15, 0.2) is 12.1 Å². The van der Waals surface area contributed by atoms with Gasteiger partial charge in [-0.1, -0.05) is 0 Å². The summed E-state index contributed by atoms with van der Waals surface area (Å²) in [6.45, 7) is -0.179. The zero-order chi connectivity index (χ0) is 14.2. The number of nitro groups is 1. The van der Waals surface area contributed by atoms with E-state index < -0.39 is 16.6 Å². The molecule has 0 atom stereocenters. The third kappa shape index (κ3) is 2.07. The van der Waals surface area contributed by atoms with E-state index in [-0.39, 0.29) is 29.5 Å². The van der Waals surface area contributed by atoms with Crippen molar-refractivity contribution in [2.24, 2.45) is 0 Å². The fraction of sp³-hybridized carbons (Fsp3) is 0.273. The van der Waals surface area contributed by atoms with Gasteiger partial charge in [-0.05, 0) is 0 Å². The van der Waals surface area contributed by atoms with Crippen LogP contribution in [-0.4, -0.2) is 37.6 Å². The van der Waals surface area contributed by atoms with Gasteiger partial charge in [0.25, 0.3) is 11.6 Å². The van der Waals surface area contributed by atoms with Gasteiger partial charge in [0.2, 0.25) is 0 Å². The van der Waals surface area contributed by atoms with Crippen LogP contribution in [0.5, 0.6) is 5.75 Å². The van der Waals surface area contributed by atoms with Crippen molar-refractivity contribution < 1.29 is 24.0 Å². The summed E-state index contributed by atoms with van der Waals surface area (Å²) in [6, 6.07) is 2.33. The summed E-state index contributed by atoms with van der Waals surface area (Å²) < 4.78 is 9.64. The fourth-order valence-corrected chi connectivity index (χ4v) is 1.73. The molecule has 0 N–H and O–H groups in total. The second kappa shape index (κ2) is 4.56. The molecule has 0 spiro atoms. The molecule has 0 fully saturated rings. The number of ether oxygens (including phenoxy) is 2. The van der Waals surface area contributed by atoms with Gasteiger partial charge >= 0.3 is 5.97 Å². The molecule has 0 bridgehead atoms. The van der Waals surface area contributed by atoms with E-state index in [0.717, 1.165) is 13.2 Å². The Labute approximate surface area is 107 Å². The normalized spacial score (nSPS) is 13.6. The van der Waals surface area contributed by atoms with E-state index in [1.165, 1.54) is 18.0 Å². The molecule has 0 saturated heterocycles. The van der Waals surface area contributed by atoms with E-state index in [4.69, 9.17) is 4.74 Å². The first kappa shape index (κ1) is 12.8. The maximum Gasteiger partial charge on any atom is 0.345 e. The van der Waals surface area contributed by atoms with Gasteiger partial charge in [-0.15, -0.1) is 0 Å². The summed E-state index contributed by atoms with van der Waals surface area (Å²) in [7, 11) is 2.60. The lowest BCUT2D eigenvalue weighted by atomic mass is 10.1. The van der Waals surface area contributed by atoms with Crippen molar-refractivity contribution in [1.29, 1.82) is 0 Å². The first-order chi connectivity index (χ1) is 8.95. The van der Waals surface area contributed by atoms with Crippen molar-refractivity contribution >= 4 is 23.3 Å². The predicted octanol–water partition coefficient (Wildman–Crippen LogP) is 0.737. The zero-order valence-corrected chi connectivity index (χ0v) is 10.2. The van der Waals surface area contributed by atoms with Crippen LogP contribution in [0.3, 0.4) is 0 Å². The Morgan fingerprint density at radius 3 is 2.79 bits per heavy atom. The van der Waals surface area contributed by atoms with Gasteiger partial charge in [0.1, 0.15) is 11.3 Å². The number of carbonyl (C=O) groups excluding carboxylic acids is 2. The highest BCUT2D eigenvalue weighted by Crippen LogP contribution is 2.37. The molecule has 100 valence electrons. The summed E-state index contributed by atoms with van der Waals surface area (Å²) in [5.74, 6) is -0.932. The minimum atomic E-state index is -0.836. The fourth-order valence-electron chi connectivity index (χ4n) is 1.73. The summed E-state index contributed by atoms with van der Waals surface area (Å²) in [5.41, 5.74) is -0.402. The third-order valence-electron chi connectivity index (χ3n) is 2.77. The van der Waals surface area contributed by atoms with Crippen LogP contribution in [0.1, 0.15) is 10.4 Å². The Morgan fingerprint density at radius 2 is 2.21 bits per heavy atom. The Bertz CT molecular complexity index is 583. The van der Waals surface area contributed by atoms with Crippen molar-refractivity contribution in [2.75, 3.05) is 25.7 Å². The molecule has 1 aromatic carbocycles. The Balaban J connectivity index is 2.63. The SMILES string of the molecule is COC(=O)c1cc2c(cc1[N+](=O)[O-])N(C)C(=O)CO2. The van der Waals surface area contributed by atoms with Crippen molar-refractivity contribution in [3.63, 3.8) is 0 Å². The average molecular weight is 266 g/mol. The highest BCUT2D eigenvalue weighted by molar-refractivity contribution is 6.01. The van der Waals surface area contributed by atoms with E-state index in [9.17, 15) is 19.7 Å². The standard InChI is InChI=1S/C11H10N2O6/c1-12-8-4-7(13(16)17)6(11(15)18-2)3-9(8)19-5-10(12)14/h3-4H,5H2,1-2H3. The monoisotopic (exact) mass is 266 g/mol. The lowest BCUT2D eigenvalue weighted by Crippen LogP contribution is -2.35. The first-order valence-corrected chi connectivity index (χ1v) is 5.25. The van der Waals surface area contributed by atoms with Gasteiger partial charge in [0.05, 0.1) is 17.7 Å². The van der Waals surface area contributed by atoms with Crippen molar-refractivity contribution in [2.45, 2.75) is 0 Å². The number of rotatable bonds is 2. The highest BCUT2D eigenvalue weighted by Gasteiger charge is 2.30. The number of anilines is 1. The number of fused-ring (bicyclic) bond motifs is 1. The predicted molar refractivity (Wildman–Crippen MR) is 63.3 cm³/mol. The molecule has 8 nitrogen and oxygen atoms in total. The molecule has 1 aliphatic rings. The summed E-state index contributed by atoms with van der Waals surface area (Å²) >= 11 is 0. The number of carbonyl (C=O) groups is 2. The maximum absolute atomic E-state index is 11.5. The summed E-state index contributed by atoms with van der Waals surface area (Å²) in [6.07, 6.45) is 0. The van der Waals surface area contributed by atoms with Crippen LogP contribution in [0.25, 0.3) is 0 Å². The van der Waals surface area contributed by atoms with E-state index in [0.29, 0.717) is 0 Å². The summed E-state index contributed by atoms with van der Waals surface area (Å²) in [5, 5.41) is 11.0. The minimum Gasteiger partial charge on any atom is -0.482 e. The summed E-state index contributed by atoms with van der Waals surface area (Å²) in [4.78, 5) is 34.5. The number of amides is 1. The van der Waals surface area contributed by atoms with E-state index in [1.54, 1.807) is 0 Å². The molecule has 0 unspecified atom stereocenters. The number of nitrogens with zero attached hydrogens (tertiary/aromatic N) is 2. The molecule has 1 aromatic rings. The lowest BCUT2D eigenvalue weighted by Gasteiger charge is -2.25. The second-order valence-corrected chi connectivity index (χ2v) is 3.83. The number of esters is 1. The smallest absolute Gasteiger partial charge is 0.345 e. The zero-order valence-electron chi connectivity index (χ0n) is 10.2. The van der Waals surface area contributed by atoms with Crippen LogP contribution in [0.4, 0.5) is 11.4 Å². The van der Waals surface area contributed by atoms with Gasteiger partial charge in [0, 0.05) is 19.2 Å². The number of methoxy groups -OCH3 is 1. The number of benzene rings is 1. The Kier molecular flexibility index (Phi) is 3.07. The Hall–Kier alpha value is -2.64. The largest absolute Gasteiger partial charge is 0.482 e. The molecular weight excluding hydrogens is 256 g/mol. The molecule has 1 aliphatic heterocycles. The topological polar surface area (TPSA) is 99.0 Å². The van der Waals surface area contributed by atoms with Crippen molar-refractivity contribution in [3.8, 4) is 5.75 Å². The number of nitro benzene ring substituents is 1. The van der Waals surface area contributed by atoms with Gasteiger partial charge in [-0.3, -0.25) is 14.9 Å². The van der Waals surface area contributed by atoms with Crippen molar-refractivity contribution in [3.05, 3.63) is 27.8 Å². The van der Waals surface area contributed by atoms with Gasteiger partial charge in [-0.2, -0.15) is 0 Å². The average Bonchev–Trinajstić information content (AvgIpc) is 2.40. The molecule has 0 radical (unpaired) electrons. The minimum absolute atomic E-state index is 0.179. The quantitative estimate of drug-likeness (QED) is 0.444. The lowest BCUT2D eigenvalue weighted by molar-refractivity contribution is -0.385. The number of likely N-dealkylation sites (N-methyl/N-ethyl adjacent to an activating group) is 1. The van der Waals surface area contributed by atoms with Gasteiger partial charge in [0.15, 0.2) is 6.61 Å². The van der Waals surface area contributed by atoms with Crippen LogP contribution < -0.4 is 9.64 Å². The van der Waals surface area contributed by atoms with Gasteiger partial charge < -0.3 is 14.4 Å². The molecule has 8 heteroatoms. The second-order valence-electron chi connectivity index (χ2n) is 3.83. The molecule has 0 aromatic heterocycles. The molecular formula is C11H10N2O6. The number of hydrogen-bond acceptors (Lipinski definition) is 6. The first-order valence-electron chi connectivity index (χ1n) is 5.25. The van der Waals surface area contributed by atoms with E-state index >= 15 is 0 Å². The van der Waals surface area contributed by atoms with Crippen LogP contribution in [0.2, 0.25) is 0 Å². The molecule has 1 amide bonds. The highest BCUT2D eigenvalue weighted by atomic mass is 16.6. The van der Waals surface area contributed by atoms with Gasteiger partial charge in [-0.25, -0.2) is 4.79 Å². The molecule has 0 aliphatic carbocycles. The third-order valence-corrected chi connectivity index (χ3v) is 2.77. The van der Waals surface area contributed by atoms with Crippen LogP contribution in [-0.2, 0) is 9.53 Å². The Morgan fingerprint density at radius 1 is 1.53 bits per heavy atom. The molecule has 1 heterocycles. The van der Waals surface area contributed by atoms with Crippen molar-refractivity contribution in [1.82, 2.24) is 0 Å². The maximum atomic E-state index is 11.5. The molecule has 2 rings (SSSR count). The molecule has 19 heavy (non-hydrogen) atoms. The van der Waals surface area contributed by atoms with E-state index in [1.807, 2.05) is 0 Å². The number of hydrogen-bond donors (Lipinski definition) is 0. The van der Waals surface area contributed by atoms with Crippen LogP contribution in [0, 0.1) is 10.1 Å².